The minimum absolute atomic E-state index is 0.0868. The van der Waals surface area contributed by atoms with Gasteiger partial charge in [-0.3, -0.25) is 4.99 Å². The van der Waals surface area contributed by atoms with Gasteiger partial charge in [0.05, 0.1) is 18.4 Å². The van der Waals surface area contributed by atoms with Gasteiger partial charge in [0.1, 0.15) is 0 Å². The van der Waals surface area contributed by atoms with Crippen LogP contribution in [0.5, 0.6) is 0 Å². The Hall–Kier alpha value is -0.820. The molecule has 0 spiro atoms. The van der Waals surface area contributed by atoms with Crippen LogP contribution in [0.15, 0.2) is 4.99 Å². The topological polar surface area (TPSA) is 90.8 Å². The lowest BCUT2D eigenvalue weighted by molar-refractivity contribution is 0.120. The van der Waals surface area contributed by atoms with Gasteiger partial charge < -0.3 is 15.7 Å². The van der Waals surface area contributed by atoms with E-state index in [1.807, 2.05) is 6.92 Å². The Morgan fingerprint density at radius 2 is 1.90 bits per heavy atom. The summed E-state index contributed by atoms with van der Waals surface area (Å²) in [6.07, 6.45) is 3.27. The summed E-state index contributed by atoms with van der Waals surface area (Å²) in [4.78, 5) is 4.31. The number of sulfone groups is 1. The van der Waals surface area contributed by atoms with Gasteiger partial charge in [-0.1, -0.05) is 6.92 Å². The number of aliphatic hydroxyl groups excluding tert-OH is 1. The number of aliphatic hydroxyl groups is 1. The van der Waals surface area contributed by atoms with Crippen LogP contribution in [0.2, 0.25) is 0 Å². The molecule has 1 aliphatic rings. The van der Waals surface area contributed by atoms with Crippen LogP contribution in [-0.2, 0) is 9.84 Å². The first-order chi connectivity index (χ1) is 9.46. The zero-order chi connectivity index (χ0) is 15.0. The first-order valence-electron chi connectivity index (χ1n) is 7.40. The van der Waals surface area contributed by atoms with Gasteiger partial charge >= 0.3 is 0 Å². The molecule has 0 atom stereocenters. The summed E-state index contributed by atoms with van der Waals surface area (Å²) in [5, 5.41) is 15.9. The van der Waals surface area contributed by atoms with Crippen LogP contribution in [0.1, 0.15) is 39.5 Å². The fourth-order valence-corrected chi connectivity index (χ4v) is 2.83. The fraction of sp³-hybridized carbons (Fsp3) is 0.923. The molecule has 0 saturated heterocycles. The third-order valence-corrected chi connectivity index (χ3v) is 5.18. The van der Waals surface area contributed by atoms with Crippen LogP contribution in [0.4, 0.5) is 0 Å². The van der Waals surface area contributed by atoms with Crippen LogP contribution < -0.4 is 10.6 Å². The molecule has 6 nitrogen and oxygen atoms in total. The summed E-state index contributed by atoms with van der Waals surface area (Å²) in [6, 6.07) is 0.305. The Labute approximate surface area is 122 Å². The molecule has 1 rings (SSSR count). The van der Waals surface area contributed by atoms with Gasteiger partial charge in [-0.2, -0.15) is 0 Å². The highest BCUT2D eigenvalue weighted by atomic mass is 32.2. The summed E-state index contributed by atoms with van der Waals surface area (Å²) >= 11 is 0. The van der Waals surface area contributed by atoms with Crippen molar-refractivity contribution in [3.63, 3.8) is 0 Å². The lowest BCUT2D eigenvalue weighted by Crippen LogP contribution is -2.45. The van der Waals surface area contributed by atoms with E-state index in [-0.39, 0.29) is 24.2 Å². The van der Waals surface area contributed by atoms with Gasteiger partial charge in [-0.25, -0.2) is 8.42 Å². The van der Waals surface area contributed by atoms with E-state index in [0.717, 1.165) is 32.2 Å². The Bertz CT molecular complexity index is 401. The molecule has 1 saturated carbocycles. The summed E-state index contributed by atoms with van der Waals surface area (Å²) in [5.74, 6) is 0.913. The number of guanidine groups is 1. The number of hydrogen-bond acceptors (Lipinski definition) is 4. The number of aliphatic imine (C=N–C) groups is 1. The van der Waals surface area contributed by atoms with E-state index in [1.54, 1.807) is 6.92 Å². The molecule has 0 aromatic rings. The van der Waals surface area contributed by atoms with E-state index in [1.165, 1.54) is 0 Å². The van der Waals surface area contributed by atoms with Crippen molar-refractivity contribution in [3.05, 3.63) is 0 Å². The van der Waals surface area contributed by atoms with Crippen molar-refractivity contribution in [1.82, 2.24) is 10.6 Å². The zero-order valence-electron chi connectivity index (χ0n) is 12.4. The highest BCUT2D eigenvalue weighted by Gasteiger charge is 2.20. The normalized spacial score (nSPS) is 24.4. The van der Waals surface area contributed by atoms with Crippen molar-refractivity contribution in [2.24, 2.45) is 4.99 Å². The van der Waals surface area contributed by atoms with Gasteiger partial charge in [-0.05, 0) is 32.6 Å². The molecule has 0 bridgehead atoms. The van der Waals surface area contributed by atoms with Gasteiger partial charge in [0.2, 0.25) is 0 Å². The van der Waals surface area contributed by atoms with Crippen LogP contribution in [0.3, 0.4) is 0 Å². The third-order valence-electron chi connectivity index (χ3n) is 3.49. The van der Waals surface area contributed by atoms with Crippen molar-refractivity contribution < 1.29 is 13.5 Å². The molecule has 0 radical (unpaired) electrons. The quantitative estimate of drug-likeness (QED) is 0.484. The highest BCUT2D eigenvalue weighted by molar-refractivity contribution is 7.91. The van der Waals surface area contributed by atoms with Crippen LogP contribution >= 0.6 is 0 Å². The summed E-state index contributed by atoms with van der Waals surface area (Å²) in [6.45, 7) is 4.64. The second kappa shape index (κ2) is 8.46. The van der Waals surface area contributed by atoms with E-state index < -0.39 is 9.84 Å². The number of rotatable bonds is 6. The van der Waals surface area contributed by atoms with Gasteiger partial charge in [0, 0.05) is 18.3 Å². The average Bonchev–Trinajstić information content (AvgIpc) is 2.41. The molecule has 0 aromatic carbocycles. The Balaban J connectivity index is 2.46. The van der Waals surface area contributed by atoms with E-state index in [2.05, 4.69) is 15.6 Å². The first-order valence-corrected chi connectivity index (χ1v) is 9.22. The van der Waals surface area contributed by atoms with Crippen LogP contribution in [0.25, 0.3) is 0 Å². The summed E-state index contributed by atoms with van der Waals surface area (Å²) in [5.41, 5.74) is 0. The second-order valence-electron chi connectivity index (χ2n) is 5.15. The van der Waals surface area contributed by atoms with Gasteiger partial charge in [0.25, 0.3) is 0 Å². The predicted octanol–water partition coefficient (Wildman–Crippen LogP) is 0.280. The molecular weight excluding hydrogens is 278 g/mol. The maximum absolute atomic E-state index is 11.4. The largest absolute Gasteiger partial charge is 0.393 e. The molecule has 0 aliphatic heterocycles. The van der Waals surface area contributed by atoms with E-state index in [0.29, 0.717) is 12.0 Å². The van der Waals surface area contributed by atoms with Crippen LogP contribution in [-0.4, -0.2) is 56.2 Å². The Morgan fingerprint density at radius 1 is 1.25 bits per heavy atom. The molecule has 0 unspecified atom stereocenters. The molecule has 20 heavy (non-hydrogen) atoms. The Morgan fingerprint density at radius 3 is 2.45 bits per heavy atom. The van der Waals surface area contributed by atoms with Crippen molar-refractivity contribution in [3.8, 4) is 0 Å². The van der Waals surface area contributed by atoms with Gasteiger partial charge in [-0.15, -0.1) is 0 Å². The molecule has 118 valence electrons. The fourth-order valence-electron chi connectivity index (χ4n) is 2.17. The second-order valence-corrected chi connectivity index (χ2v) is 7.62. The van der Waals surface area contributed by atoms with Gasteiger partial charge in [0.15, 0.2) is 15.8 Å². The lowest BCUT2D eigenvalue weighted by Gasteiger charge is -2.27. The van der Waals surface area contributed by atoms with Crippen LogP contribution in [0, 0.1) is 0 Å². The molecular formula is C13H27N3O3S. The van der Waals surface area contributed by atoms with Crippen molar-refractivity contribution in [2.75, 3.05) is 24.6 Å². The van der Waals surface area contributed by atoms with Crippen molar-refractivity contribution in [2.45, 2.75) is 51.7 Å². The monoisotopic (exact) mass is 305 g/mol. The minimum Gasteiger partial charge on any atom is -0.393 e. The summed E-state index contributed by atoms with van der Waals surface area (Å²) < 4.78 is 22.9. The average molecular weight is 305 g/mol. The van der Waals surface area contributed by atoms with E-state index in [4.69, 9.17) is 0 Å². The van der Waals surface area contributed by atoms with Crippen molar-refractivity contribution >= 4 is 15.8 Å². The minimum atomic E-state index is -2.97. The third kappa shape index (κ3) is 6.56. The first kappa shape index (κ1) is 17.2. The molecule has 0 heterocycles. The number of nitrogens with one attached hydrogen (secondary N) is 2. The molecule has 3 N–H and O–H groups in total. The van der Waals surface area contributed by atoms with Crippen molar-refractivity contribution in [1.29, 1.82) is 0 Å². The van der Waals surface area contributed by atoms with E-state index >= 15 is 0 Å². The SMILES string of the molecule is CCNC(=NCCS(=O)(=O)CC)NC1CCC(O)CC1. The molecule has 1 fully saturated rings. The predicted molar refractivity (Wildman–Crippen MR) is 81.7 cm³/mol. The molecule has 0 amide bonds. The molecule has 0 aromatic heterocycles. The lowest BCUT2D eigenvalue weighted by atomic mass is 9.93. The number of nitrogens with zero attached hydrogens (tertiary/aromatic N) is 1. The summed E-state index contributed by atoms with van der Waals surface area (Å²) in [7, 11) is -2.97. The molecule has 7 heteroatoms. The molecule has 1 aliphatic carbocycles. The maximum atomic E-state index is 11.4. The highest BCUT2D eigenvalue weighted by Crippen LogP contribution is 2.18. The zero-order valence-corrected chi connectivity index (χ0v) is 13.2. The Kier molecular flexibility index (Phi) is 7.29. The number of hydrogen-bond donors (Lipinski definition) is 3. The van der Waals surface area contributed by atoms with E-state index in [9.17, 15) is 13.5 Å². The smallest absolute Gasteiger partial charge is 0.191 e. The maximum Gasteiger partial charge on any atom is 0.191 e. The standard InChI is InChI=1S/C13H27N3O3S/c1-3-14-13(15-9-10-20(18,19)4-2)16-11-5-7-12(17)8-6-11/h11-12,17H,3-10H2,1-2H3,(H2,14,15,16).